The molecule has 1 unspecified atom stereocenters. The van der Waals surface area contributed by atoms with E-state index in [0.29, 0.717) is 22.6 Å². The van der Waals surface area contributed by atoms with Crippen molar-refractivity contribution in [1.82, 2.24) is 14.5 Å². The highest BCUT2D eigenvalue weighted by molar-refractivity contribution is 7.99. The zero-order chi connectivity index (χ0) is 20.2. The summed E-state index contributed by atoms with van der Waals surface area (Å²) in [6.45, 7) is 2.55. The monoisotopic (exact) mass is 403 g/mol. The molecule has 6 heteroatoms. The number of pyridine rings is 1. The Balaban J connectivity index is 1.76. The van der Waals surface area contributed by atoms with Gasteiger partial charge in [-0.2, -0.15) is 0 Å². The molecule has 146 valence electrons. The van der Waals surface area contributed by atoms with E-state index in [1.807, 2.05) is 66.9 Å². The third kappa shape index (κ3) is 4.17. The third-order valence-electron chi connectivity index (χ3n) is 4.76. The Kier molecular flexibility index (Phi) is 5.62. The summed E-state index contributed by atoms with van der Waals surface area (Å²) in [6.07, 6.45) is 3.61. The SMILES string of the molecule is COc1ccc(Cn2c(SC(C)c3cccnc3)nc3ccccc3c2=O)cc1. The summed E-state index contributed by atoms with van der Waals surface area (Å²) >= 11 is 1.57. The maximum Gasteiger partial charge on any atom is 0.262 e. The maximum absolute atomic E-state index is 13.3. The molecule has 0 saturated carbocycles. The van der Waals surface area contributed by atoms with E-state index in [1.165, 1.54) is 0 Å². The largest absolute Gasteiger partial charge is 0.497 e. The Morgan fingerprint density at radius 3 is 2.59 bits per heavy atom. The van der Waals surface area contributed by atoms with Crippen LogP contribution in [0, 0.1) is 0 Å². The third-order valence-corrected chi connectivity index (χ3v) is 5.91. The number of nitrogens with zero attached hydrogens (tertiary/aromatic N) is 3. The number of hydrogen-bond acceptors (Lipinski definition) is 5. The fourth-order valence-corrected chi connectivity index (χ4v) is 4.15. The fraction of sp³-hybridized carbons (Fsp3) is 0.174. The number of aromatic nitrogens is 3. The second kappa shape index (κ2) is 8.49. The highest BCUT2D eigenvalue weighted by Crippen LogP contribution is 2.33. The summed E-state index contributed by atoms with van der Waals surface area (Å²) in [4.78, 5) is 22.3. The Labute approximate surface area is 173 Å². The van der Waals surface area contributed by atoms with E-state index < -0.39 is 0 Å². The van der Waals surface area contributed by atoms with Crippen LogP contribution in [0.15, 0.2) is 83.0 Å². The Hall–Kier alpha value is -3.12. The molecule has 0 N–H and O–H groups in total. The normalized spacial score (nSPS) is 12.1. The van der Waals surface area contributed by atoms with Gasteiger partial charge in [0.05, 0.1) is 24.6 Å². The predicted octanol–water partition coefficient (Wildman–Crippen LogP) is 4.70. The van der Waals surface area contributed by atoms with Crippen LogP contribution in [-0.4, -0.2) is 21.6 Å². The lowest BCUT2D eigenvalue weighted by atomic mass is 10.2. The second-order valence-corrected chi connectivity index (χ2v) is 8.01. The number of hydrogen-bond donors (Lipinski definition) is 0. The van der Waals surface area contributed by atoms with E-state index in [2.05, 4.69) is 11.9 Å². The van der Waals surface area contributed by atoms with Gasteiger partial charge in [0.15, 0.2) is 5.16 Å². The van der Waals surface area contributed by atoms with Gasteiger partial charge in [-0.25, -0.2) is 4.98 Å². The number of methoxy groups -OCH3 is 1. The number of ether oxygens (including phenoxy) is 1. The van der Waals surface area contributed by atoms with Crippen molar-refractivity contribution in [3.8, 4) is 5.75 Å². The summed E-state index contributed by atoms with van der Waals surface area (Å²) in [5.41, 5.74) is 2.79. The Bertz CT molecular complexity index is 1170. The summed E-state index contributed by atoms with van der Waals surface area (Å²) < 4.78 is 6.99. The first kappa shape index (κ1) is 19.2. The molecule has 0 bridgehead atoms. The molecule has 1 atom stereocenters. The fourth-order valence-electron chi connectivity index (χ4n) is 3.13. The van der Waals surface area contributed by atoms with Crippen LogP contribution in [0.3, 0.4) is 0 Å². The Morgan fingerprint density at radius 1 is 1.07 bits per heavy atom. The molecule has 2 aromatic carbocycles. The molecule has 0 radical (unpaired) electrons. The molecule has 5 nitrogen and oxygen atoms in total. The Morgan fingerprint density at radius 2 is 1.86 bits per heavy atom. The lowest BCUT2D eigenvalue weighted by molar-refractivity contribution is 0.414. The van der Waals surface area contributed by atoms with Crippen LogP contribution in [0.1, 0.15) is 23.3 Å². The van der Waals surface area contributed by atoms with E-state index in [1.54, 1.807) is 29.6 Å². The zero-order valence-corrected chi connectivity index (χ0v) is 17.1. The van der Waals surface area contributed by atoms with E-state index in [9.17, 15) is 4.79 Å². The van der Waals surface area contributed by atoms with Gasteiger partial charge in [0, 0.05) is 17.6 Å². The van der Waals surface area contributed by atoms with Gasteiger partial charge in [0.1, 0.15) is 5.75 Å². The van der Waals surface area contributed by atoms with Crippen molar-refractivity contribution in [3.63, 3.8) is 0 Å². The van der Waals surface area contributed by atoms with Gasteiger partial charge in [-0.1, -0.05) is 42.1 Å². The molecule has 2 heterocycles. The van der Waals surface area contributed by atoms with Gasteiger partial charge in [0.2, 0.25) is 0 Å². The highest BCUT2D eigenvalue weighted by atomic mass is 32.2. The van der Waals surface area contributed by atoms with Crippen LogP contribution >= 0.6 is 11.8 Å². The topological polar surface area (TPSA) is 57.0 Å². The molecule has 0 amide bonds. The van der Waals surface area contributed by atoms with Crippen LogP contribution in [-0.2, 0) is 6.54 Å². The average Bonchev–Trinajstić information content (AvgIpc) is 2.77. The van der Waals surface area contributed by atoms with Crippen molar-refractivity contribution >= 4 is 22.7 Å². The number of benzene rings is 2. The minimum atomic E-state index is -0.0349. The number of thioether (sulfide) groups is 1. The molecule has 0 aliphatic carbocycles. The molecular weight excluding hydrogens is 382 g/mol. The van der Waals surface area contributed by atoms with E-state index >= 15 is 0 Å². The number of rotatable bonds is 6. The van der Waals surface area contributed by atoms with E-state index in [-0.39, 0.29) is 10.8 Å². The van der Waals surface area contributed by atoms with Crippen LogP contribution < -0.4 is 10.3 Å². The van der Waals surface area contributed by atoms with Crippen LogP contribution in [0.4, 0.5) is 0 Å². The standard InChI is InChI=1S/C23H21N3O2S/c1-16(18-6-5-13-24-14-18)29-23-25-21-8-4-3-7-20(21)22(27)26(23)15-17-9-11-19(28-2)12-10-17/h3-14,16H,15H2,1-2H3. The lowest BCUT2D eigenvalue weighted by Gasteiger charge is -2.16. The minimum Gasteiger partial charge on any atom is -0.497 e. The molecule has 0 spiro atoms. The van der Waals surface area contributed by atoms with Crippen molar-refractivity contribution in [2.45, 2.75) is 23.9 Å². The zero-order valence-electron chi connectivity index (χ0n) is 16.3. The minimum absolute atomic E-state index is 0.0349. The molecule has 2 aromatic heterocycles. The summed E-state index contributed by atoms with van der Waals surface area (Å²) in [5, 5.41) is 1.43. The molecule has 0 saturated heterocycles. The van der Waals surface area contributed by atoms with Crippen molar-refractivity contribution in [1.29, 1.82) is 0 Å². The number of fused-ring (bicyclic) bond motifs is 1. The predicted molar refractivity (Wildman–Crippen MR) is 117 cm³/mol. The molecule has 0 aliphatic heterocycles. The first-order valence-electron chi connectivity index (χ1n) is 9.35. The maximum atomic E-state index is 13.3. The molecule has 4 rings (SSSR count). The molecule has 29 heavy (non-hydrogen) atoms. The first-order valence-corrected chi connectivity index (χ1v) is 10.2. The lowest BCUT2D eigenvalue weighted by Crippen LogP contribution is -2.24. The van der Waals surface area contributed by atoms with Gasteiger partial charge < -0.3 is 4.74 Å². The smallest absolute Gasteiger partial charge is 0.262 e. The molecule has 4 aromatic rings. The summed E-state index contributed by atoms with van der Waals surface area (Å²) in [7, 11) is 1.64. The molecule has 0 fully saturated rings. The van der Waals surface area contributed by atoms with Crippen molar-refractivity contribution in [2.24, 2.45) is 0 Å². The first-order chi connectivity index (χ1) is 14.2. The quantitative estimate of drug-likeness (QED) is 0.345. The average molecular weight is 404 g/mol. The summed E-state index contributed by atoms with van der Waals surface area (Å²) in [5.74, 6) is 0.789. The van der Waals surface area contributed by atoms with Gasteiger partial charge in [0.25, 0.3) is 5.56 Å². The van der Waals surface area contributed by atoms with Crippen LogP contribution in [0.2, 0.25) is 0 Å². The van der Waals surface area contributed by atoms with E-state index in [4.69, 9.17) is 9.72 Å². The second-order valence-electron chi connectivity index (χ2n) is 6.70. The highest BCUT2D eigenvalue weighted by Gasteiger charge is 2.16. The van der Waals surface area contributed by atoms with Crippen LogP contribution in [0.5, 0.6) is 5.75 Å². The van der Waals surface area contributed by atoms with Gasteiger partial charge in [-0.15, -0.1) is 0 Å². The van der Waals surface area contributed by atoms with Crippen LogP contribution in [0.25, 0.3) is 10.9 Å². The van der Waals surface area contributed by atoms with Gasteiger partial charge >= 0.3 is 0 Å². The van der Waals surface area contributed by atoms with Crippen molar-refractivity contribution in [2.75, 3.05) is 7.11 Å². The van der Waals surface area contributed by atoms with Gasteiger partial charge in [-0.3, -0.25) is 14.3 Å². The molecule has 0 aliphatic rings. The van der Waals surface area contributed by atoms with E-state index in [0.717, 1.165) is 16.9 Å². The van der Waals surface area contributed by atoms with Gasteiger partial charge in [-0.05, 0) is 48.4 Å². The number of para-hydroxylation sites is 1. The van der Waals surface area contributed by atoms with Crippen molar-refractivity contribution < 1.29 is 4.74 Å². The van der Waals surface area contributed by atoms with Crippen molar-refractivity contribution in [3.05, 3.63) is 94.5 Å². The molecular formula is C23H21N3O2S. The summed E-state index contributed by atoms with van der Waals surface area (Å²) in [6, 6.07) is 19.2.